The summed E-state index contributed by atoms with van der Waals surface area (Å²) >= 11 is 5.87. The molecule has 0 spiro atoms. The van der Waals surface area contributed by atoms with E-state index in [2.05, 4.69) is 5.32 Å². The molecule has 0 radical (unpaired) electrons. The van der Waals surface area contributed by atoms with Crippen molar-refractivity contribution in [2.75, 3.05) is 19.7 Å². The summed E-state index contributed by atoms with van der Waals surface area (Å²) in [4.78, 5) is 12.3. The van der Waals surface area contributed by atoms with Crippen molar-refractivity contribution in [1.29, 1.82) is 0 Å². The van der Waals surface area contributed by atoms with E-state index in [0.29, 0.717) is 23.9 Å². The summed E-state index contributed by atoms with van der Waals surface area (Å²) < 4.78 is 32.0. The number of halogens is 1. The summed E-state index contributed by atoms with van der Waals surface area (Å²) in [5, 5.41) is 3.49. The molecule has 1 saturated heterocycles. The monoisotopic (exact) mass is 422 g/mol. The van der Waals surface area contributed by atoms with Gasteiger partial charge in [0.05, 0.1) is 10.9 Å². The molecule has 1 N–H and O–H groups in total. The summed E-state index contributed by atoms with van der Waals surface area (Å²) in [5.41, 5.74) is 0.939. The molecular weight excluding hydrogens is 400 g/mol. The second-order valence-corrected chi connectivity index (χ2v) is 9.09. The zero-order valence-corrected chi connectivity index (χ0v) is 17.2. The average Bonchev–Trinajstić information content (AvgIpc) is 3.23. The molecular formula is C20H23ClN2O4S. The van der Waals surface area contributed by atoms with Crippen molar-refractivity contribution in [3.8, 4) is 5.75 Å². The van der Waals surface area contributed by atoms with Gasteiger partial charge in [-0.3, -0.25) is 4.79 Å². The molecule has 3 rings (SSSR count). The number of hydrogen-bond acceptors (Lipinski definition) is 4. The van der Waals surface area contributed by atoms with Crippen LogP contribution in [0.4, 0.5) is 0 Å². The second kappa shape index (κ2) is 8.94. The van der Waals surface area contributed by atoms with Crippen LogP contribution in [0.1, 0.15) is 31.4 Å². The predicted octanol–water partition coefficient (Wildman–Crippen LogP) is 3.38. The van der Waals surface area contributed by atoms with Crippen LogP contribution in [0.5, 0.6) is 5.75 Å². The maximum atomic E-state index is 12.5. The molecule has 150 valence electrons. The fraction of sp³-hybridized carbons (Fsp3) is 0.350. The molecule has 6 nitrogen and oxygen atoms in total. The fourth-order valence-corrected chi connectivity index (χ4v) is 4.70. The van der Waals surface area contributed by atoms with Gasteiger partial charge in [-0.05, 0) is 61.7 Å². The highest BCUT2D eigenvalue weighted by Gasteiger charge is 2.26. The molecule has 1 heterocycles. The quantitative estimate of drug-likeness (QED) is 0.742. The fourth-order valence-electron chi connectivity index (χ4n) is 3.05. The first-order valence-electron chi connectivity index (χ1n) is 9.14. The number of amides is 1. The maximum absolute atomic E-state index is 12.5. The van der Waals surface area contributed by atoms with E-state index in [9.17, 15) is 13.2 Å². The van der Waals surface area contributed by atoms with Crippen LogP contribution in [0.2, 0.25) is 5.02 Å². The summed E-state index contributed by atoms with van der Waals surface area (Å²) in [6, 6.07) is 13.2. The largest absolute Gasteiger partial charge is 0.484 e. The van der Waals surface area contributed by atoms with Gasteiger partial charge < -0.3 is 10.1 Å². The number of rotatable bonds is 7. The molecule has 2 aromatic rings. The molecule has 1 amide bonds. The third-order valence-electron chi connectivity index (χ3n) is 4.64. The second-order valence-electron chi connectivity index (χ2n) is 6.71. The van der Waals surface area contributed by atoms with Gasteiger partial charge in [0.25, 0.3) is 5.91 Å². The van der Waals surface area contributed by atoms with Crippen molar-refractivity contribution in [3.05, 3.63) is 59.1 Å². The molecule has 0 aliphatic carbocycles. The highest BCUT2D eigenvalue weighted by Crippen LogP contribution is 2.23. The van der Waals surface area contributed by atoms with E-state index in [0.717, 1.165) is 18.4 Å². The average molecular weight is 423 g/mol. The van der Waals surface area contributed by atoms with Crippen LogP contribution < -0.4 is 10.1 Å². The molecule has 0 saturated carbocycles. The number of ether oxygens (including phenoxy) is 1. The van der Waals surface area contributed by atoms with Crippen molar-refractivity contribution < 1.29 is 17.9 Å². The third-order valence-corrected chi connectivity index (χ3v) is 6.81. The van der Waals surface area contributed by atoms with Crippen molar-refractivity contribution in [2.45, 2.75) is 30.7 Å². The van der Waals surface area contributed by atoms with E-state index in [1.54, 1.807) is 24.3 Å². The summed E-state index contributed by atoms with van der Waals surface area (Å²) in [7, 11) is -3.45. The first kappa shape index (κ1) is 20.6. The summed E-state index contributed by atoms with van der Waals surface area (Å²) in [6.45, 7) is 2.84. The number of nitrogens with one attached hydrogen (secondary N) is 1. The Morgan fingerprint density at radius 3 is 2.32 bits per heavy atom. The topological polar surface area (TPSA) is 75.7 Å². The van der Waals surface area contributed by atoms with E-state index in [1.165, 1.54) is 16.4 Å². The molecule has 8 heteroatoms. The van der Waals surface area contributed by atoms with Gasteiger partial charge in [-0.15, -0.1) is 0 Å². The Bertz CT molecular complexity index is 908. The Kier molecular flexibility index (Phi) is 6.59. The van der Waals surface area contributed by atoms with Gasteiger partial charge in [0, 0.05) is 18.1 Å². The molecule has 0 unspecified atom stereocenters. The lowest BCUT2D eigenvalue weighted by atomic mass is 10.1. The molecule has 1 aliphatic rings. The maximum Gasteiger partial charge on any atom is 0.258 e. The van der Waals surface area contributed by atoms with Gasteiger partial charge in [-0.1, -0.05) is 23.7 Å². The van der Waals surface area contributed by atoms with Gasteiger partial charge in [-0.2, -0.15) is 4.31 Å². The van der Waals surface area contributed by atoms with E-state index < -0.39 is 10.0 Å². The minimum absolute atomic E-state index is 0.157. The zero-order chi connectivity index (χ0) is 20.1. The Morgan fingerprint density at radius 1 is 1.11 bits per heavy atom. The van der Waals surface area contributed by atoms with E-state index in [4.69, 9.17) is 16.3 Å². The van der Waals surface area contributed by atoms with Gasteiger partial charge in [0.15, 0.2) is 6.61 Å². The minimum atomic E-state index is -3.45. The number of carbonyl (C=O) groups is 1. The summed E-state index contributed by atoms with van der Waals surface area (Å²) in [5.74, 6) is 0.172. The van der Waals surface area contributed by atoms with Gasteiger partial charge in [0.2, 0.25) is 10.0 Å². The van der Waals surface area contributed by atoms with Crippen LogP contribution in [0, 0.1) is 0 Å². The lowest BCUT2D eigenvalue weighted by molar-refractivity contribution is -0.123. The molecule has 1 fully saturated rings. The van der Waals surface area contributed by atoms with Gasteiger partial charge in [0.1, 0.15) is 5.75 Å². The molecule has 1 aliphatic heterocycles. The van der Waals surface area contributed by atoms with Crippen molar-refractivity contribution in [1.82, 2.24) is 9.62 Å². The van der Waals surface area contributed by atoms with Crippen molar-refractivity contribution in [2.24, 2.45) is 0 Å². The molecule has 28 heavy (non-hydrogen) atoms. The number of hydrogen-bond donors (Lipinski definition) is 1. The lowest BCUT2D eigenvalue weighted by Gasteiger charge is -2.16. The smallest absolute Gasteiger partial charge is 0.258 e. The highest BCUT2D eigenvalue weighted by atomic mass is 35.5. The number of nitrogens with zero attached hydrogens (tertiary/aromatic N) is 1. The van der Waals surface area contributed by atoms with Crippen LogP contribution in [-0.4, -0.2) is 38.3 Å². The molecule has 2 aromatic carbocycles. The minimum Gasteiger partial charge on any atom is -0.484 e. The van der Waals surface area contributed by atoms with Crippen molar-refractivity contribution >= 4 is 27.5 Å². The number of carbonyl (C=O) groups excluding carboxylic acids is 1. The third kappa shape index (κ3) is 5.04. The van der Waals surface area contributed by atoms with Gasteiger partial charge >= 0.3 is 0 Å². The predicted molar refractivity (Wildman–Crippen MR) is 108 cm³/mol. The van der Waals surface area contributed by atoms with Crippen molar-refractivity contribution in [3.63, 3.8) is 0 Å². The Morgan fingerprint density at radius 2 is 1.71 bits per heavy atom. The van der Waals surface area contributed by atoms with E-state index in [1.807, 2.05) is 19.1 Å². The molecule has 0 bridgehead atoms. The normalized spacial score (nSPS) is 15.9. The highest BCUT2D eigenvalue weighted by molar-refractivity contribution is 7.89. The van der Waals surface area contributed by atoms with E-state index in [-0.39, 0.29) is 23.5 Å². The SMILES string of the molecule is C[C@@H](NC(=O)COc1ccc(S(=O)(=O)N2CCCC2)cc1)c1ccc(Cl)cc1. The standard InChI is InChI=1S/C20H23ClN2O4S/c1-15(16-4-6-17(21)7-5-16)22-20(24)14-27-18-8-10-19(11-9-18)28(25,26)23-12-2-3-13-23/h4-11,15H,2-3,12-14H2,1H3,(H,22,24)/t15-/m1/s1. The van der Waals surface area contributed by atoms with Crippen LogP contribution in [-0.2, 0) is 14.8 Å². The molecule has 0 aromatic heterocycles. The summed E-state index contributed by atoms with van der Waals surface area (Å²) in [6.07, 6.45) is 1.79. The number of benzene rings is 2. The van der Waals surface area contributed by atoms with Crippen LogP contribution in [0.25, 0.3) is 0 Å². The Balaban J connectivity index is 1.53. The first-order valence-corrected chi connectivity index (χ1v) is 11.0. The van der Waals surface area contributed by atoms with Crippen LogP contribution >= 0.6 is 11.6 Å². The lowest BCUT2D eigenvalue weighted by Crippen LogP contribution is -2.31. The molecule has 1 atom stereocenters. The van der Waals surface area contributed by atoms with Gasteiger partial charge in [-0.25, -0.2) is 8.42 Å². The Labute approximate surface area is 170 Å². The first-order chi connectivity index (χ1) is 13.4. The van der Waals surface area contributed by atoms with Crippen LogP contribution in [0.15, 0.2) is 53.4 Å². The van der Waals surface area contributed by atoms with Crippen LogP contribution in [0.3, 0.4) is 0 Å². The Hall–Kier alpha value is -2.09. The van der Waals surface area contributed by atoms with E-state index >= 15 is 0 Å². The zero-order valence-electron chi connectivity index (χ0n) is 15.6. The number of sulfonamides is 1.